The molecule has 6 nitrogen and oxygen atoms in total. The lowest BCUT2D eigenvalue weighted by molar-refractivity contribution is -0.139. The highest BCUT2D eigenvalue weighted by Crippen LogP contribution is 2.11. The highest BCUT2D eigenvalue weighted by atomic mass is 19.1. The second-order valence-corrected chi connectivity index (χ2v) is 7.34. The summed E-state index contributed by atoms with van der Waals surface area (Å²) in [5.74, 6) is 0.169. The van der Waals surface area contributed by atoms with Crippen molar-refractivity contribution >= 4 is 17.6 Å². The third-order valence-corrected chi connectivity index (χ3v) is 5.02. The Kier molecular flexibility index (Phi) is 7.16. The Bertz CT molecular complexity index is 858. The maximum Gasteiger partial charge on any atom is 0.241 e. The Labute approximate surface area is 170 Å². The Morgan fingerprint density at radius 1 is 1.17 bits per heavy atom. The largest absolute Gasteiger partial charge is 0.368 e. The number of fused-ring (bicyclic) bond motifs is 2. The van der Waals surface area contributed by atoms with Gasteiger partial charge in [0.15, 0.2) is 0 Å². The van der Waals surface area contributed by atoms with Crippen LogP contribution < -0.4 is 5.32 Å². The van der Waals surface area contributed by atoms with Crippen LogP contribution in [0, 0.1) is 5.82 Å². The summed E-state index contributed by atoms with van der Waals surface area (Å²) >= 11 is 0. The highest BCUT2D eigenvalue weighted by molar-refractivity contribution is 5.85. The lowest BCUT2D eigenvalue weighted by Crippen LogP contribution is -2.43. The molecule has 2 aromatic rings. The van der Waals surface area contributed by atoms with Gasteiger partial charge in [0.1, 0.15) is 11.6 Å². The van der Waals surface area contributed by atoms with Gasteiger partial charge in [-0.15, -0.1) is 0 Å². The molecule has 1 aliphatic rings. The number of aryl methyl sites for hydroxylation is 1. The number of nitrogens with zero attached hydrogens (tertiary/aromatic N) is 3. The minimum absolute atomic E-state index is 0.0359. The van der Waals surface area contributed by atoms with Gasteiger partial charge in [-0.3, -0.25) is 9.59 Å². The van der Waals surface area contributed by atoms with Gasteiger partial charge in [-0.05, 0) is 49.1 Å². The molecule has 7 heteroatoms. The van der Waals surface area contributed by atoms with E-state index in [2.05, 4.69) is 10.3 Å². The van der Waals surface area contributed by atoms with Gasteiger partial charge in [0, 0.05) is 32.4 Å². The molecule has 1 aromatic heterocycles. The number of carbonyl (C=O) groups is 2. The third-order valence-electron chi connectivity index (χ3n) is 5.02. The summed E-state index contributed by atoms with van der Waals surface area (Å²) in [4.78, 5) is 33.2. The lowest BCUT2D eigenvalue weighted by Gasteiger charge is -2.26. The Hall–Kier alpha value is -2.96. The van der Waals surface area contributed by atoms with Gasteiger partial charge in [-0.25, -0.2) is 9.37 Å². The molecular weight excluding hydrogens is 371 g/mol. The van der Waals surface area contributed by atoms with E-state index < -0.39 is 0 Å². The van der Waals surface area contributed by atoms with Crippen LogP contribution >= 0.6 is 0 Å². The first-order chi connectivity index (χ1) is 14.0. The molecule has 0 spiro atoms. The zero-order valence-corrected chi connectivity index (χ0v) is 16.7. The molecule has 2 heterocycles. The minimum Gasteiger partial charge on any atom is -0.368 e. The molecule has 0 saturated heterocycles. The number of anilines is 1. The van der Waals surface area contributed by atoms with Crippen molar-refractivity contribution in [1.29, 1.82) is 0 Å². The maximum atomic E-state index is 13.4. The molecule has 0 radical (unpaired) electrons. The van der Waals surface area contributed by atoms with Crippen LogP contribution in [0.2, 0.25) is 0 Å². The first kappa shape index (κ1) is 20.8. The molecule has 0 aliphatic carbocycles. The first-order valence-corrected chi connectivity index (χ1v) is 9.97. The summed E-state index contributed by atoms with van der Waals surface area (Å²) in [6, 6.07) is 11.9. The molecule has 3 rings (SSSR count). The summed E-state index contributed by atoms with van der Waals surface area (Å²) in [5, 5.41) is 3.24. The van der Waals surface area contributed by atoms with E-state index in [9.17, 15) is 14.0 Å². The van der Waals surface area contributed by atoms with Crippen LogP contribution in [0.1, 0.15) is 24.1 Å². The molecule has 1 aliphatic heterocycles. The minimum atomic E-state index is -0.366. The van der Waals surface area contributed by atoms with Gasteiger partial charge in [0.05, 0.1) is 13.0 Å². The summed E-state index contributed by atoms with van der Waals surface area (Å²) in [7, 11) is 1.73. The fraction of sp³-hybridized carbons (Fsp3) is 0.409. The van der Waals surface area contributed by atoms with Crippen LogP contribution in [0.5, 0.6) is 0 Å². The zero-order chi connectivity index (χ0) is 20.6. The number of rotatable bonds is 2. The molecule has 1 aromatic carbocycles. The standard InChI is InChI=1S/C22H27FN4O2/c1-26-13-11-24-20-10-5-9-19(25-20)8-2-3-12-27(16-22(26)29)21(28)15-17-6-4-7-18(23)14-17/h4-7,9-10,14H,2-3,8,11-13,15-16H2,1H3,(H,24,25). The average molecular weight is 398 g/mol. The van der Waals surface area contributed by atoms with Gasteiger partial charge >= 0.3 is 0 Å². The van der Waals surface area contributed by atoms with Gasteiger partial charge in [0.2, 0.25) is 11.8 Å². The molecule has 154 valence electrons. The molecule has 1 N–H and O–H groups in total. The first-order valence-electron chi connectivity index (χ1n) is 9.97. The van der Waals surface area contributed by atoms with E-state index in [-0.39, 0.29) is 30.6 Å². The molecule has 0 unspecified atom stereocenters. The van der Waals surface area contributed by atoms with Crippen molar-refractivity contribution in [2.24, 2.45) is 0 Å². The van der Waals surface area contributed by atoms with Crippen molar-refractivity contribution in [1.82, 2.24) is 14.8 Å². The number of hydrogen-bond acceptors (Lipinski definition) is 4. The lowest BCUT2D eigenvalue weighted by atomic mass is 10.1. The van der Waals surface area contributed by atoms with E-state index in [4.69, 9.17) is 0 Å². The SMILES string of the molecule is CN1CCNc2cccc(n2)CCCCN(C(=O)Cc2cccc(F)c2)CC1=O. The van der Waals surface area contributed by atoms with E-state index in [1.807, 2.05) is 18.2 Å². The van der Waals surface area contributed by atoms with Crippen molar-refractivity contribution < 1.29 is 14.0 Å². The third kappa shape index (κ3) is 6.27. The van der Waals surface area contributed by atoms with E-state index in [0.29, 0.717) is 25.2 Å². The van der Waals surface area contributed by atoms with Gasteiger partial charge in [-0.2, -0.15) is 0 Å². The van der Waals surface area contributed by atoms with E-state index in [1.54, 1.807) is 29.0 Å². The predicted octanol–water partition coefficient (Wildman–Crippen LogP) is 2.50. The number of nitrogens with one attached hydrogen (secondary N) is 1. The molecule has 0 fully saturated rings. The summed E-state index contributed by atoms with van der Waals surface area (Å²) < 4.78 is 13.4. The van der Waals surface area contributed by atoms with Crippen molar-refractivity contribution in [2.45, 2.75) is 25.7 Å². The average Bonchev–Trinajstić information content (AvgIpc) is 2.69. The van der Waals surface area contributed by atoms with Crippen molar-refractivity contribution in [3.8, 4) is 0 Å². The fourth-order valence-electron chi connectivity index (χ4n) is 3.31. The number of aromatic nitrogens is 1. The molecule has 2 amide bonds. The molecular formula is C22H27FN4O2. The molecule has 29 heavy (non-hydrogen) atoms. The zero-order valence-electron chi connectivity index (χ0n) is 16.7. The van der Waals surface area contributed by atoms with E-state index >= 15 is 0 Å². The second-order valence-electron chi connectivity index (χ2n) is 7.34. The van der Waals surface area contributed by atoms with Crippen molar-refractivity contribution in [3.05, 3.63) is 59.5 Å². The van der Waals surface area contributed by atoms with E-state index in [1.165, 1.54) is 12.1 Å². The van der Waals surface area contributed by atoms with Crippen LogP contribution in [0.4, 0.5) is 10.2 Å². The Morgan fingerprint density at radius 2 is 2.00 bits per heavy atom. The fourth-order valence-corrected chi connectivity index (χ4v) is 3.31. The topological polar surface area (TPSA) is 65.5 Å². The van der Waals surface area contributed by atoms with Gasteiger partial charge in [0.25, 0.3) is 0 Å². The van der Waals surface area contributed by atoms with E-state index in [0.717, 1.165) is 30.8 Å². The van der Waals surface area contributed by atoms with Crippen LogP contribution in [-0.2, 0) is 22.4 Å². The predicted molar refractivity (Wildman–Crippen MR) is 110 cm³/mol. The van der Waals surface area contributed by atoms with Crippen molar-refractivity contribution in [3.63, 3.8) is 0 Å². The van der Waals surface area contributed by atoms with Crippen molar-refractivity contribution in [2.75, 3.05) is 38.5 Å². The number of halogens is 1. The van der Waals surface area contributed by atoms with Gasteiger partial charge in [-0.1, -0.05) is 18.2 Å². The monoisotopic (exact) mass is 398 g/mol. The second kappa shape index (κ2) is 10.0. The molecule has 0 atom stereocenters. The quantitative estimate of drug-likeness (QED) is 0.844. The highest BCUT2D eigenvalue weighted by Gasteiger charge is 2.20. The smallest absolute Gasteiger partial charge is 0.241 e. The number of hydrogen-bond donors (Lipinski definition) is 1. The van der Waals surface area contributed by atoms with Crippen LogP contribution in [0.15, 0.2) is 42.5 Å². The number of likely N-dealkylation sites (N-methyl/N-ethyl adjacent to an activating group) is 1. The number of pyridine rings is 1. The van der Waals surface area contributed by atoms with Crippen LogP contribution in [-0.4, -0.2) is 59.8 Å². The summed E-state index contributed by atoms with van der Waals surface area (Å²) in [5.41, 5.74) is 1.62. The maximum absolute atomic E-state index is 13.4. The molecule has 0 saturated carbocycles. The van der Waals surface area contributed by atoms with Crippen LogP contribution in [0.25, 0.3) is 0 Å². The van der Waals surface area contributed by atoms with Crippen LogP contribution in [0.3, 0.4) is 0 Å². The summed E-state index contributed by atoms with van der Waals surface area (Å²) in [6.07, 6.45) is 2.53. The van der Waals surface area contributed by atoms with Gasteiger partial charge < -0.3 is 15.1 Å². The summed E-state index contributed by atoms with van der Waals surface area (Å²) in [6.45, 7) is 1.62. The Morgan fingerprint density at radius 3 is 2.83 bits per heavy atom. The Balaban J connectivity index is 1.70. The molecule has 2 bridgehead atoms. The number of carbonyl (C=O) groups excluding carboxylic acids is 2. The normalized spacial score (nSPS) is 16.1. The number of amides is 2. The number of benzene rings is 1.